The normalized spacial score (nSPS) is 15.5. The van der Waals surface area contributed by atoms with Gasteiger partial charge in [0.25, 0.3) is 5.91 Å². The Bertz CT molecular complexity index is 1080. The number of phenolic OH excluding ortho intramolecular Hbond substituents is 1. The molecule has 7 heteroatoms. The van der Waals surface area contributed by atoms with Crippen molar-refractivity contribution in [1.82, 2.24) is 15.1 Å². The van der Waals surface area contributed by atoms with Gasteiger partial charge in [-0.05, 0) is 50.1 Å². The van der Waals surface area contributed by atoms with Crippen molar-refractivity contribution in [1.29, 1.82) is 0 Å². The number of aryl methyl sites for hydroxylation is 1. The standard InChI is InChI=1S/C23H25N3O4/c1-3-30-16-7-4-6-15(13-16)22-19-20(17-12-14(2)8-9-18(17)28)24-25-21(19)23(29)26(22)10-5-11-27/h4,6-9,12-13,22,27-28H,3,5,10-11H2,1-2H3,(H,24,25)/t22-/m1/s1. The molecule has 0 spiro atoms. The third-order valence-electron chi connectivity index (χ3n) is 5.31. The molecule has 0 saturated carbocycles. The van der Waals surface area contributed by atoms with Crippen LogP contribution in [0.4, 0.5) is 0 Å². The molecule has 0 unspecified atom stereocenters. The highest BCUT2D eigenvalue weighted by Crippen LogP contribution is 2.45. The Labute approximate surface area is 174 Å². The molecule has 0 radical (unpaired) electrons. The van der Waals surface area contributed by atoms with Crippen molar-refractivity contribution in [3.8, 4) is 22.8 Å². The number of aliphatic hydroxyl groups is 1. The number of carbonyl (C=O) groups excluding carboxylic acids is 1. The van der Waals surface area contributed by atoms with Crippen LogP contribution < -0.4 is 4.74 Å². The van der Waals surface area contributed by atoms with E-state index < -0.39 is 6.04 Å². The quantitative estimate of drug-likeness (QED) is 0.557. The number of nitrogens with zero attached hydrogens (tertiary/aromatic N) is 2. The number of hydrogen-bond donors (Lipinski definition) is 3. The first-order chi connectivity index (χ1) is 14.5. The Morgan fingerprint density at radius 1 is 1.23 bits per heavy atom. The summed E-state index contributed by atoms with van der Waals surface area (Å²) in [5.41, 5.74) is 4.15. The van der Waals surface area contributed by atoms with Gasteiger partial charge in [0.1, 0.15) is 22.9 Å². The monoisotopic (exact) mass is 407 g/mol. The van der Waals surface area contributed by atoms with Crippen molar-refractivity contribution >= 4 is 5.91 Å². The van der Waals surface area contributed by atoms with E-state index in [0.717, 1.165) is 22.4 Å². The first-order valence-electron chi connectivity index (χ1n) is 10.1. The Morgan fingerprint density at radius 2 is 2.07 bits per heavy atom. The fraction of sp³-hybridized carbons (Fsp3) is 0.304. The molecule has 1 aliphatic heterocycles. The second-order valence-electron chi connectivity index (χ2n) is 7.37. The lowest BCUT2D eigenvalue weighted by molar-refractivity contribution is 0.0732. The van der Waals surface area contributed by atoms with E-state index in [0.29, 0.717) is 36.5 Å². The molecule has 156 valence electrons. The van der Waals surface area contributed by atoms with E-state index in [-0.39, 0.29) is 18.3 Å². The molecule has 0 bridgehead atoms. The Balaban J connectivity index is 1.88. The van der Waals surface area contributed by atoms with Gasteiger partial charge in [-0.2, -0.15) is 5.10 Å². The number of fused-ring (bicyclic) bond motifs is 1. The average molecular weight is 407 g/mol. The first kappa shape index (κ1) is 20.0. The molecule has 3 aromatic rings. The van der Waals surface area contributed by atoms with Crippen molar-refractivity contribution in [3.63, 3.8) is 0 Å². The van der Waals surface area contributed by atoms with Crippen LogP contribution in [-0.4, -0.2) is 51.0 Å². The molecule has 0 fully saturated rings. The number of H-pyrrole nitrogens is 1. The smallest absolute Gasteiger partial charge is 0.273 e. The third kappa shape index (κ3) is 3.41. The molecule has 3 N–H and O–H groups in total. The lowest BCUT2D eigenvalue weighted by atomic mass is 9.95. The van der Waals surface area contributed by atoms with Crippen LogP contribution in [0.5, 0.6) is 11.5 Å². The number of phenols is 1. The van der Waals surface area contributed by atoms with Crippen LogP contribution in [0.15, 0.2) is 42.5 Å². The van der Waals surface area contributed by atoms with E-state index in [4.69, 9.17) is 4.74 Å². The molecule has 1 aliphatic rings. The van der Waals surface area contributed by atoms with Crippen molar-refractivity contribution < 1.29 is 19.7 Å². The minimum Gasteiger partial charge on any atom is -0.507 e. The molecule has 7 nitrogen and oxygen atoms in total. The van der Waals surface area contributed by atoms with Gasteiger partial charge in [0.2, 0.25) is 0 Å². The highest BCUT2D eigenvalue weighted by atomic mass is 16.5. The summed E-state index contributed by atoms with van der Waals surface area (Å²) < 4.78 is 5.66. The summed E-state index contributed by atoms with van der Waals surface area (Å²) in [4.78, 5) is 14.9. The van der Waals surface area contributed by atoms with Crippen LogP contribution in [0, 0.1) is 6.92 Å². The Hall–Kier alpha value is -3.32. The lowest BCUT2D eigenvalue weighted by Crippen LogP contribution is -2.31. The van der Waals surface area contributed by atoms with E-state index in [1.165, 1.54) is 0 Å². The third-order valence-corrected chi connectivity index (χ3v) is 5.31. The molecular formula is C23H25N3O4. The predicted octanol–water partition coefficient (Wildman–Crippen LogP) is 3.42. The molecule has 30 heavy (non-hydrogen) atoms. The van der Waals surface area contributed by atoms with E-state index in [2.05, 4.69) is 10.2 Å². The highest BCUT2D eigenvalue weighted by Gasteiger charge is 2.42. The van der Waals surface area contributed by atoms with E-state index >= 15 is 0 Å². The molecule has 1 atom stereocenters. The average Bonchev–Trinajstić information content (AvgIpc) is 3.28. The van der Waals surface area contributed by atoms with Crippen molar-refractivity contribution in [3.05, 3.63) is 64.8 Å². The second-order valence-corrected chi connectivity index (χ2v) is 7.37. The number of nitrogens with one attached hydrogen (secondary N) is 1. The summed E-state index contributed by atoms with van der Waals surface area (Å²) >= 11 is 0. The fourth-order valence-corrected chi connectivity index (χ4v) is 4.00. The van der Waals surface area contributed by atoms with E-state index in [9.17, 15) is 15.0 Å². The van der Waals surface area contributed by atoms with Crippen LogP contribution >= 0.6 is 0 Å². The summed E-state index contributed by atoms with van der Waals surface area (Å²) in [5.74, 6) is 0.663. The lowest BCUT2D eigenvalue weighted by Gasteiger charge is -2.26. The van der Waals surface area contributed by atoms with Gasteiger partial charge in [0.15, 0.2) is 0 Å². The minimum absolute atomic E-state index is 0.00675. The van der Waals surface area contributed by atoms with E-state index in [1.807, 2.05) is 50.2 Å². The number of carbonyl (C=O) groups is 1. The zero-order valence-electron chi connectivity index (χ0n) is 17.1. The largest absolute Gasteiger partial charge is 0.507 e. The molecule has 4 rings (SSSR count). The zero-order chi connectivity index (χ0) is 21.3. The number of benzene rings is 2. The number of aromatic hydroxyl groups is 1. The van der Waals surface area contributed by atoms with Gasteiger partial charge in [-0.25, -0.2) is 0 Å². The van der Waals surface area contributed by atoms with Gasteiger partial charge >= 0.3 is 0 Å². The van der Waals surface area contributed by atoms with Gasteiger partial charge in [0, 0.05) is 24.3 Å². The molecular weight excluding hydrogens is 382 g/mol. The van der Waals surface area contributed by atoms with Crippen molar-refractivity contribution in [2.45, 2.75) is 26.3 Å². The van der Waals surface area contributed by atoms with Gasteiger partial charge in [0.05, 0.1) is 12.6 Å². The number of aromatic amines is 1. The summed E-state index contributed by atoms with van der Waals surface area (Å²) in [6.07, 6.45) is 0.468. The van der Waals surface area contributed by atoms with Gasteiger partial charge in [-0.15, -0.1) is 0 Å². The highest BCUT2D eigenvalue weighted by molar-refractivity contribution is 6.00. The number of hydrogen-bond acceptors (Lipinski definition) is 5. The minimum atomic E-state index is -0.395. The predicted molar refractivity (Wildman–Crippen MR) is 113 cm³/mol. The maximum Gasteiger partial charge on any atom is 0.273 e. The van der Waals surface area contributed by atoms with Crippen LogP contribution in [0.2, 0.25) is 0 Å². The van der Waals surface area contributed by atoms with Gasteiger partial charge in [-0.1, -0.05) is 23.8 Å². The van der Waals surface area contributed by atoms with Crippen molar-refractivity contribution in [2.75, 3.05) is 19.8 Å². The summed E-state index contributed by atoms with van der Waals surface area (Å²) in [7, 11) is 0. The topological polar surface area (TPSA) is 98.7 Å². The van der Waals surface area contributed by atoms with Crippen LogP contribution in [0.1, 0.15) is 46.6 Å². The summed E-state index contributed by atoms with van der Waals surface area (Å²) in [6, 6.07) is 12.6. The zero-order valence-corrected chi connectivity index (χ0v) is 17.1. The summed E-state index contributed by atoms with van der Waals surface area (Å²) in [5, 5.41) is 27.1. The Morgan fingerprint density at radius 3 is 2.83 bits per heavy atom. The van der Waals surface area contributed by atoms with Gasteiger partial charge < -0.3 is 19.8 Å². The number of aromatic nitrogens is 2. The van der Waals surface area contributed by atoms with E-state index in [1.54, 1.807) is 11.0 Å². The van der Waals surface area contributed by atoms with Crippen molar-refractivity contribution in [2.24, 2.45) is 0 Å². The molecule has 0 aliphatic carbocycles. The molecule has 1 aromatic heterocycles. The molecule has 2 aromatic carbocycles. The number of rotatable bonds is 7. The maximum atomic E-state index is 13.2. The van der Waals surface area contributed by atoms with Crippen LogP contribution in [-0.2, 0) is 0 Å². The SMILES string of the molecule is CCOc1cccc([C@@H]2c3c(-c4cc(C)ccc4O)n[nH]c3C(=O)N2CCCO)c1. The number of ether oxygens (including phenoxy) is 1. The number of amides is 1. The van der Waals surface area contributed by atoms with Crippen LogP contribution in [0.3, 0.4) is 0 Å². The fourth-order valence-electron chi connectivity index (χ4n) is 4.00. The summed E-state index contributed by atoms with van der Waals surface area (Å²) in [6.45, 7) is 4.80. The van der Waals surface area contributed by atoms with Gasteiger partial charge in [-0.3, -0.25) is 9.89 Å². The molecule has 0 saturated heterocycles. The molecule has 2 heterocycles. The second kappa shape index (κ2) is 8.20. The van der Waals surface area contributed by atoms with Crippen LogP contribution in [0.25, 0.3) is 11.3 Å². The molecule has 1 amide bonds. The Kier molecular flexibility index (Phi) is 5.46. The number of aliphatic hydroxyl groups excluding tert-OH is 1. The maximum absolute atomic E-state index is 13.2. The first-order valence-corrected chi connectivity index (χ1v) is 10.1.